The minimum Gasteiger partial charge on any atom is -0.465 e. The van der Waals surface area contributed by atoms with E-state index in [0.717, 1.165) is 12.8 Å². The Balaban J connectivity index is 1.63. The van der Waals surface area contributed by atoms with Gasteiger partial charge >= 0.3 is 6.09 Å². The molecule has 2 rings (SSSR count). The Morgan fingerprint density at radius 2 is 2.12 bits per heavy atom. The molecule has 2 aliphatic rings. The molecule has 0 aromatic carbocycles. The number of hydrogen-bond donors (Lipinski definition) is 1. The predicted molar refractivity (Wildman–Crippen MR) is 53.7 cm³/mol. The van der Waals surface area contributed by atoms with Gasteiger partial charge in [-0.3, -0.25) is 4.90 Å². The maximum atomic E-state index is 12.5. The van der Waals surface area contributed by atoms with Crippen molar-refractivity contribution in [3.8, 4) is 0 Å². The topological polar surface area (TPSA) is 43.8 Å². The van der Waals surface area contributed by atoms with Gasteiger partial charge in [0.2, 0.25) is 0 Å². The van der Waals surface area contributed by atoms with Crippen molar-refractivity contribution in [3.05, 3.63) is 0 Å². The quantitative estimate of drug-likeness (QED) is 0.801. The van der Waals surface area contributed by atoms with Crippen molar-refractivity contribution in [3.63, 3.8) is 0 Å². The lowest BCUT2D eigenvalue weighted by Crippen LogP contribution is -2.56. The maximum absolute atomic E-state index is 12.5. The van der Waals surface area contributed by atoms with Crippen LogP contribution in [0.2, 0.25) is 0 Å². The van der Waals surface area contributed by atoms with Gasteiger partial charge in [0, 0.05) is 13.1 Å². The molecular formula is C10H16F2N2O2. The zero-order valence-electron chi connectivity index (χ0n) is 9.03. The Bertz CT molecular complexity index is 278. The Morgan fingerprint density at radius 1 is 1.44 bits per heavy atom. The lowest BCUT2D eigenvalue weighted by Gasteiger charge is -2.39. The van der Waals surface area contributed by atoms with Crippen molar-refractivity contribution < 1.29 is 18.7 Å². The summed E-state index contributed by atoms with van der Waals surface area (Å²) in [6.45, 7) is 1.52. The first kappa shape index (κ1) is 11.6. The van der Waals surface area contributed by atoms with Gasteiger partial charge in [-0.2, -0.15) is 0 Å². The van der Waals surface area contributed by atoms with Crippen LogP contribution in [0.5, 0.6) is 0 Å². The van der Waals surface area contributed by atoms with Crippen LogP contribution in [0.1, 0.15) is 12.8 Å². The van der Waals surface area contributed by atoms with Gasteiger partial charge in [0.25, 0.3) is 5.92 Å². The number of amides is 1. The van der Waals surface area contributed by atoms with Crippen molar-refractivity contribution in [2.24, 2.45) is 5.92 Å². The number of carboxylic acid groups (broad SMARTS) is 1. The van der Waals surface area contributed by atoms with E-state index in [4.69, 9.17) is 5.11 Å². The fourth-order valence-electron chi connectivity index (χ4n) is 2.37. The van der Waals surface area contributed by atoms with Gasteiger partial charge in [0.15, 0.2) is 0 Å². The van der Waals surface area contributed by atoms with E-state index in [0.29, 0.717) is 25.6 Å². The van der Waals surface area contributed by atoms with Gasteiger partial charge in [0.05, 0.1) is 13.1 Å². The monoisotopic (exact) mass is 234 g/mol. The van der Waals surface area contributed by atoms with E-state index in [1.165, 1.54) is 4.90 Å². The standard InChI is InChI=1S/C10H16F2N2O2/c11-10(12)6-13(7-10)3-1-8-2-4-14(5-8)9(15)16/h8H,1-7H2,(H,15,16)/t8-/m1/s1. The highest BCUT2D eigenvalue weighted by atomic mass is 19.3. The summed E-state index contributed by atoms with van der Waals surface area (Å²) in [5, 5.41) is 8.75. The number of hydrogen-bond acceptors (Lipinski definition) is 2. The molecule has 6 heteroatoms. The van der Waals surface area contributed by atoms with Gasteiger partial charge in [-0.25, -0.2) is 13.6 Å². The molecule has 0 spiro atoms. The molecule has 92 valence electrons. The first-order chi connectivity index (χ1) is 7.46. The summed E-state index contributed by atoms with van der Waals surface area (Å²) in [5.41, 5.74) is 0. The third kappa shape index (κ3) is 2.61. The second-order valence-electron chi connectivity index (χ2n) is 4.74. The number of halogens is 2. The van der Waals surface area contributed by atoms with E-state index in [1.807, 2.05) is 0 Å². The Kier molecular flexibility index (Phi) is 3.01. The molecule has 0 aliphatic carbocycles. The third-order valence-electron chi connectivity index (χ3n) is 3.32. The number of nitrogens with zero attached hydrogens (tertiary/aromatic N) is 2. The van der Waals surface area contributed by atoms with E-state index in [1.54, 1.807) is 4.90 Å². The molecule has 2 saturated heterocycles. The number of likely N-dealkylation sites (tertiary alicyclic amines) is 2. The number of rotatable bonds is 3. The summed E-state index contributed by atoms with van der Waals surface area (Å²) in [4.78, 5) is 13.8. The predicted octanol–water partition coefficient (Wildman–Crippen LogP) is 1.33. The van der Waals surface area contributed by atoms with Gasteiger partial charge in [-0.1, -0.05) is 0 Å². The van der Waals surface area contributed by atoms with Crippen LogP contribution in [0.4, 0.5) is 13.6 Å². The third-order valence-corrected chi connectivity index (χ3v) is 3.32. The zero-order valence-corrected chi connectivity index (χ0v) is 9.03. The van der Waals surface area contributed by atoms with Crippen LogP contribution < -0.4 is 0 Å². The molecule has 0 aromatic rings. The SMILES string of the molecule is O=C(O)N1CC[C@@H](CCN2CC(F)(F)C2)C1. The highest BCUT2D eigenvalue weighted by molar-refractivity contribution is 5.65. The first-order valence-corrected chi connectivity index (χ1v) is 5.54. The van der Waals surface area contributed by atoms with E-state index in [9.17, 15) is 13.6 Å². The molecule has 0 unspecified atom stereocenters. The van der Waals surface area contributed by atoms with Crippen molar-refractivity contribution >= 4 is 6.09 Å². The largest absolute Gasteiger partial charge is 0.465 e. The Morgan fingerprint density at radius 3 is 2.62 bits per heavy atom. The molecule has 4 nitrogen and oxygen atoms in total. The summed E-state index contributed by atoms with van der Waals surface area (Å²) in [6.07, 6.45) is 0.800. The van der Waals surface area contributed by atoms with Gasteiger partial charge < -0.3 is 10.0 Å². The molecule has 2 fully saturated rings. The molecular weight excluding hydrogens is 218 g/mol. The molecule has 2 aliphatic heterocycles. The van der Waals surface area contributed by atoms with Crippen molar-refractivity contribution in [2.45, 2.75) is 18.8 Å². The van der Waals surface area contributed by atoms with E-state index >= 15 is 0 Å². The normalized spacial score (nSPS) is 29.1. The van der Waals surface area contributed by atoms with Crippen LogP contribution >= 0.6 is 0 Å². The van der Waals surface area contributed by atoms with E-state index < -0.39 is 12.0 Å². The van der Waals surface area contributed by atoms with Crippen molar-refractivity contribution in [1.29, 1.82) is 0 Å². The number of alkyl halides is 2. The summed E-state index contributed by atoms with van der Waals surface area (Å²) < 4.78 is 25.1. The van der Waals surface area contributed by atoms with Crippen LogP contribution in [0.3, 0.4) is 0 Å². The van der Waals surface area contributed by atoms with Crippen LogP contribution in [-0.2, 0) is 0 Å². The van der Waals surface area contributed by atoms with Crippen LogP contribution in [0, 0.1) is 5.92 Å². The Labute approximate surface area is 92.8 Å². The van der Waals surface area contributed by atoms with Crippen LogP contribution in [0.15, 0.2) is 0 Å². The summed E-state index contributed by atoms with van der Waals surface area (Å²) >= 11 is 0. The molecule has 0 radical (unpaired) electrons. The van der Waals surface area contributed by atoms with E-state index in [2.05, 4.69) is 0 Å². The minimum absolute atomic E-state index is 0.137. The van der Waals surface area contributed by atoms with Crippen LogP contribution in [-0.4, -0.2) is 59.6 Å². The fourth-order valence-corrected chi connectivity index (χ4v) is 2.37. The molecule has 0 bridgehead atoms. The molecule has 1 atom stereocenters. The van der Waals surface area contributed by atoms with Crippen LogP contribution in [0.25, 0.3) is 0 Å². The average Bonchev–Trinajstić information content (AvgIpc) is 2.59. The zero-order chi connectivity index (χ0) is 11.8. The molecule has 1 N–H and O–H groups in total. The lowest BCUT2D eigenvalue weighted by molar-refractivity contribution is -0.131. The molecule has 1 amide bonds. The van der Waals surface area contributed by atoms with E-state index in [-0.39, 0.29) is 13.1 Å². The van der Waals surface area contributed by atoms with Crippen molar-refractivity contribution in [2.75, 3.05) is 32.7 Å². The smallest absolute Gasteiger partial charge is 0.407 e. The highest BCUT2D eigenvalue weighted by Crippen LogP contribution is 2.28. The maximum Gasteiger partial charge on any atom is 0.407 e. The molecule has 2 heterocycles. The fraction of sp³-hybridized carbons (Fsp3) is 0.900. The highest BCUT2D eigenvalue weighted by Gasteiger charge is 2.43. The first-order valence-electron chi connectivity index (χ1n) is 5.54. The Hall–Kier alpha value is -0.910. The summed E-state index contributed by atoms with van der Waals surface area (Å²) in [5.74, 6) is -2.16. The molecule has 0 aromatic heterocycles. The molecule has 16 heavy (non-hydrogen) atoms. The number of carbonyl (C=O) groups is 1. The van der Waals surface area contributed by atoms with Gasteiger partial charge in [0.1, 0.15) is 0 Å². The average molecular weight is 234 g/mol. The second kappa shape index (κ2) is 4.16. The lowest BCUT2D eigenvalue weighted by atomic mass is 10.0. The minimum atomic E-state index is -2.50. The molecule has 0 saturated carbocycles. The van der Waals surface area contributed by atoms with Crippen molar-refractivity contribution in [1.82, 2.24) is 9.80 Å². The summed E-state index contributed by atoms with van der Waals surface area (Å²) in [7, 11) is 0. The summed E-state index contributed by atoms with van der Waals surface area (Å²) in [6, 6.07) is 0. The van der Waals surface area contributed by atoms with Gasteiger partial charge in [-0.05, 0) is 25.3 Å². The van der Waals surface area contributed by atoms with Gasteiger partial charge in [-0.15, -0.1) is 0 Å². The second-order valence-corrected chi connectivity index (χ2v) is 4.74.